The van der Waals surface area contributed by atoms with Gasteiger partial charge in [0, 0.05) is 11.9 Å². The van der Waals surface area contributed by atoms with E-state index in [0.29, 0.717) is 35.3 Å². The fraction of sp³-hybridized carbons (Fsp3) is 0.250. The summed E-state index contributed by atoms with van der Waals surface area (Å²) in [6.07, 6.45) is 1.70. The molecule has 0 spiro atoms. The van der Waals surface area contributed by atoms with Gasteiger partial charge in [-0.2, -0.15) is 0 Å². The van der Waals surface area contributed by atoms with Crippen molar-refractivity contribution in [2.45, 2.75) is 26.2 Å². The highest BCUT2D eigenvalue weighted by Gasteiger charge is 2.26. The minimum Gasteiger partial charge on any atom is -0.489 e. The molecule has 3 aromatic rings. The van der Waals surface area contributed by atoms with E-state index in [9.17, 15) is 4.79 Å². The number of nitrogens with zero attached hydrogens (tertiary/aromatic N) is 2. The lowest BCUT2D eigenvalue weighted by Gasteiger charge is -2.31. The zero-order chi connectivity index (χ0) is 21.3. The molecule has 1 aliphatic rings. The van der Waals surface area contributed by atoms with Gasteiger partial charge in [0.15, 0.2) is 11.6 Å². The average Bonchev–Trinajstić information content (AvgIpc) is 2.73. The van der Waals surface area contributed by atoms with Gasteiger partial charge in [-0.05, 0) is 47.4 Å². The summed E-state index contributed by atoms with van der Waals surface area (Å²) in [5, 5.41) is 3.53. The van der Waals surface area contributed by atoms with Crippen molar-refractivity contribution in [2.75, 3.05) is 23.4 Å². The van der Waals surface area contributed by atoms with E-state index in [2.05, 4.69) is 31.1 Å². The van der Waals surface area contributed by atoms with Crippen molar-refractivity contribution < 1.29 is 9.53 Å². The lowest BCUT2D eigenvalue weighted by molar-refractivity contribution is 0.102. The fourth-order valence-electron chi connectivity index (χ4n) is 3.48. The molecular formula is C24H24ClN3O2. The number of amides is 1. The van der Waals surface area contributed by atoms with Crippen LogP contribution >= 0.6 is 11.6 Å². The predicted molar refractivity (Wildman–Crippen MR) is 121 cm³/mol. The second kappa shape index (κ2) is 8.00. The summed E-state index contributed by atoms with van der Waals surface area (Å²) in [4.78, 5) is 19.4. The molecule has 2 heterocycles. The summed E-state index contributed by atoms with van der Waals surface area (Å²) in [6, 6.07) is 17.0. The van der Waals surface area contributed by atoms with Crippen molar-refractivity contribution in [3.05, 3.63) is 76.9 Å². The third kappa shape index (κ3) is 3.98. The number of halogens is 1. The second-order valence-electron chi connectivity index (χ2n) is 8.24. The summed E-state index contributed by atoms with van der Waals surface area (Å²) in [7, 11) is 0. The number of aromatic nitrogens is 1. The monoisotopic (exact) mass is 421 g/mol. The number of pyridine rings is 1. The normalized spacial score (nSPS) is 13.4. The average molecular weight is 422 g/mol. The van der Waals surface area contributed by atoms with Crippen molar-refractivity contribution in [2.24, 2.45) is 0 Å². The third-order valence-electron chi connectivity index (χ3n) is 5.09. The van der Waals surface area contributed by atoms with E-state index in [0.717, 1.165) is 11.4 Å². The molecule has 0 atom stereocenters. The first-order chi connectivity index (χ1) is 14.3. The van der Waals surface area contributed by atoms with Crippen molar-refractivity contribution in [1.29, 1.82) is 0 Å². The van der Waals surface area contributed by atoms with Crippen LogP contribution in [-0.2, 0) is 5.41 Å². The minimum atomic E-state index is -0.218. The minimum absolute atomic E-state index is 0.0606. The largest absolute Gasteiger partial charge is 0.489 e. The van der Waals surface area contributed by atoms with E-state index < -0.39 is 0 Å². The Bertz CT molecular complexity index is 1070. The van der Waals surface area contributed by atoms with Crippen LogP contribution in [0.1, 0.15) is 36.7 Å². The lowest BCUT2D eigenvalue weighted by Crippen LogP contribution is -2.30. The number of carbonyl (C=O) groups is 1. The molecule has 6 heteroatoms. The quantitative estimate of drug-likeness (QED) is 0.579. The number of para-hydroxylation sites is 1. The number of anilines is 3. The van der Waals surface area contributed by atoms with Gasteiger partial charge in [0.1, 0.15) is 6.61 Å². The summed E-state index contributed by atoms with van der Waals surface area (Å²) < 4.78 is 5.90. The van der Waals surface area contributed by atoms with Crippen LogP contribution in [-0.4, -0.2) is 24.0 Å². The Morgan fingerprint density at radius 2 is 1.87 bits per heavy atom. The van der Waals surface area contributed by atoms with Crippen LogP contribution in [0.25, 0.3) is 0 Å². The number of rotatable bonds is 3. The fourth-order valence-corrected chi connectivity index (χ4v) is 3.70. The molecule has 0 fully saturated rings. The van der Waals surface area contributed by atoms with E-state index in [4.69, 9.17) is 16.3 Å². The van der Waals surface area contributed by atoms with Gasteiger partial charge in [-0.1, -0.05) is 50.6 Å². The molecular weight excluding hydrogens is 398 g/mol. The maximum absolute atomic E-state index is 13.0. The van der Waals surface area contributed by atoms with Crippen LogP contribution in [0.15, 0.2) is 60.8 Å². The molecule has 0 aliphatic carbocycles. The highest BCUT2D eigenvalue weighted by atomic mass is 35.5. The Hall–Kier alpha value is -3.05. The maximum Gasteiger partial charge on any atom is 0.259 e. The molecule has 1 amide bonds. The Kier molecular flexibility index (Phi) is 5.39. The molecule has 1 N–H and O–H groups in total. The molecule has 1 aliphatic heterocycles. The van der Waals surface area contributed by atoms with Gasteiger partial charge in [-0.25, -0.2) is 4.98 Å². The molecule has 0 saturated carbocycles. The molecule has 4 rings (SSSR count). The smallest absolute Gasteiger partial charge is 0.259 e. The predicted octanol–water partition coefficient (Wildman–Crippen LogP) is 5.82. The van der Waals surface area contributed by atoms with Crippen LogP contribution in [0.4, 0.5) is 17.2 Å². The molecule has 0 bridgehead atoms. The summed E-state index contributed by atoms with van der Waals surface area (Å²) >= 11 is 6.35. The number of ether oxygens (including phenoxy) is 1. The van der Waals surface area contributed by atoms with E-state index in [1.807, 2.05) is 41.3 Å². The Morgan fingerprint density at radius 3 is 2.57 bits per heavy atom. The Balaban J connectivity index is 1.62. The maximum atomic E-state index is 13.0. The number of nitrogens with one attached hydrogen (secondary N) is 1. The summed E-state index contributed by atoms with van der Waals surface area (Å²) in [5.74, 6) is 0.970. The summed E-state index contributed by atoms with van der Waals surface area (Å²) in [6.45, 7) is 7.52. The highest BCUT2D eigenvalue weighted by molar-refractivity contribution is 6.33. The van der Waals surface area contributed by atoms with E-state index in [1.165, 1.54) is 5.56 Å². The number of hydrogen-bond acceptors (Lipinski definition) is 4. The van der Waals surface area contributed by atoms with Crippen molar-refractivity contribution in [3.63, 3.8) is 0 Å². The molecule has 1 aromatic heterocycles. The zero-order valence-electron chi connectivity index (χ0n) is 17.3. The first-order valence-corrected chi connectivity index (χ1v) is 10.3. The van der Waals surface area contributed by atoms with Gasteiger partial charge in [0.05, 0.1) is 22.8 Å². The number of benzene rings is 2. The van der Waals surface area contributed by atoms with E-state index in [-0.39, 0.29) is 11.3 Å². The second-order valence-corrected chi connectivity index (χ2v) is 8.65. The van der Waals surface area contributed by atoms with Crippen LogP contribution in [0, 0.1) is 0 Å². The topological polar surface area (TPSA) is 54.5 Å². The lowest BCUT2D eigenvalue weighted by atomic mass is 9.87. The first-order valence-electron chi connectivity index (χ1n) is 9.90. The van der Waals surface area contributed by atoms with Gasteiger partial charge < -0.3 is 15.0 Å². The van der Waals surface area contributed by atoms with Gasteiger partial charge in [-0.15, -0.1) is 0 Å². The standard InChI is InChI=1S/C24H24ClN3O2/c1-24(2,3)16-9-11-17(12-10-16)27-23(29)18-6-4-8-20-21(18)30-15-14-28(20)22-19(25)7-5-13-26-22/h4-13H,14-15H2,1-3H3,(H,27,29). The first kappa shape index (κ1) is 20.2. The van der Waals surface area contributed by atoms with E-state index in [1.54, 1.807) is 24.4 Å². The number of fused-ring (bicyclic) bond motifs is 1. The van der Waals surface area contributed by atoms with Crippen LogP contribution in [0.2, 0.25) is 5.02 Å². The number of hydrogen-bond donors (Lipinski definition) is 1. The SMILES string of the molecule is CC(C)(C)c1ccc(NC(=O)c2cccc3c2OCCN3c2ncccc2Cl)cc1. The van der Waals surface area contributed by atoms with Crippen molar-refractivity contribution in [3.8, 4) is 5.75 Å². The van der Waals surface area contributed by atoms with Crippen LogP contribution in [0.5, 0.6) is 5.75 Å². The zero-order valence-corrected chi connectivity index (χ0v) is 18.0. The Labute approximate surface area is 181 Å². The van der Waals surface area contributed by atoms with E-state index >= 15 is 0 Å². The van der Waals surface area contributed by atoms with Gasteiger partial charge >= 0.3 is 0 Å². The van der Waals surface area contributed by atoms with Crippen LogP contribution in [0.3, 0.4) is 0 Å². The molecule has 30 heavy (non-hydrogen) atoms. The Morgan fingerprint density at radius 1 is 1.10 bits per heavy atom. The molecule has 2 aromatic carbocycles. The molecule has 5 nitrogen and oxygen atoms in total. The summed E-state index contributed by atoms with van der Waals surface area (Å²) in [5.41, 5.74) is 3.27. The molecule has 0 radical (unpaired) electrons. The highest BCUT2D eigenvalue weighted by Crippen LogP contribution is 2.40. The number of carbonyl (C=O) groups excluding carboxylic acids is 1. The molecule has 154 valence electrons. The van der Waals surface area contributed by atoms with Crippen molar-refractivity contribution >= 4 is 34.7 Å². The third-order valence-corrected chi connectivity index (χ3v) is 5.39. The molecule has 0 saturated heterocycles. The molecule has 0 unspecified atom stereocenters. The van der Waals surface area contributed by atoms with Crippen LogP contribution < -0.4 is 15.0 Å². The van der Waals surface area contributed by atoms with Crippen molar-refractivity contribution in [1.82, 2.24) is 4.98 Å². The van der Waals surface area contributed by atoms with Gasteiger partial charge in [0.2, 0.25) is 0 Å². The van der Waals surface area contributed by atoms with Gasteiger partial charge in [-0.3, -0.25) is 4.79 Å². The van der Waals surface area contributed by atoms with Gasteiger partial charge in [0.25, 0.3) is 5.91 Å².